The summed E-state index contributed by atoms with van der Waals surface area (Å²) in [6, 6.07) is 0.556. The molecular formula is C15H25N5O2S. The Morgan fingerprint density at radius 1 is 1.48 bits per heavy atom. The number of aromatic nitrogens is 3. The number of carbonyl (C=O) groups excluding carboxylic acids is 1. The third-order valence-corrected chi connectivity index (χ3v) is 4.91. The molecule has 1 fully saturated rings. The number of piperidine rings is 1. The minimum Gasteiger partial charge on any atom is -0.355 e. The summed E-state index contributed by atoms with van der Waals surface area (Å²) in [7, 11) is 0. The molecule has 128 valence electrons. The Hall–Kier alpha value is -1.41. The third-order valence-electron chi connectivity index (χ3n) is 4.05. The lowest BCUT2D eigenvalue weighted by Gasteiger charge is -2.35. The maximum Gasteiger partial charge on any atom is 0.273 e. The topological polar surface area (TPSA) is 91.0 Å². The average Bonchev–Trinajstić information content (AvgIpc) is 2.54. The second kappa shape index (κ2) is 8.44. The van der Waals surface area contributed by atoms with Crippen molar-refractivity contribution in [1.29, 1.82) is 0 Å². The van der Waals surface area contributed by atoms with Gasteiger partial charge in [0.15, 0.2) is 5.16 Å². The van der Waals surface area contributed by atoms with Crippen molar-refractivity contribution in [3.63, 3.8) is 0 Å². The van der Waals surface area contributed by atoms with Gasteiger partial charge in [-0.1, -0.05) is 11.8 Å². The number of nitrogens with zero attached hydrogens (tertiary/aromatic N) is 3. The number of aryl methyl sites for hydroxylation is 1. The largest absolute Gasteiger partial charge is 0.355 e. The van der Waals surface area contributed by atoms with E-state index in [0.717, 1.165) is 19.5 Å². The fraction of sp³-hybridized carbons (Fsp3) is 0.733. The van der Waals surface area contributed by atoms with Crippen molar-refractivity contribution in [2.45, 2.75) is 44.8 Å². The van der Waals surface area contributed by atoms with Gasteiger partial charge in [-0.25, -0.2) is 0 Å². The first kappa shape index (κ1) is 17.9. The third kappa shape index (κ3) is 5.62. The van der Waals surface area contributed by atoms with E-state index in [-0.39, 0.29) is 17.2 Å². The first-order valence-corrected chi connectivity index (χ1v) is 9.01. The normalized spacial score (nSPS) is 19.0. The van der Waals surface area contributed by atoms with Crippen LogP contribution in [0.15, 0.2) is 9.95 Å². The van der Waals surface area contributed by atoms with Crippen LogP contribution >= 0.6 is 11.8 Å². The van der Waals surface area contributed by atoms with Crippen LogP contribution < -0.4 is 10.9 Å². The Morgan fingerprint density at radius 3 is 2.96 bits per heavy atom. The van der Waals surface area contributed by atoms with E-state index in [1.165, 1.54) is 18.2 Å². The van der Waals surface area contributed by atoms with Crippen LogP contribution in [0.3, 0.4) is 0 Å². The van der Waals surface area contributed by atoms with E-state index in [4.69, 9.17) is 0 Å². The van der Waals surface area contributed by atoms with Crippen molar-refractivity contribution in [1.82, 2.24) is 25.4 Å². The SMILES string of the molecule is Cc1nnc(SCC(=O)NC[C@H]2CCCN(C(C)C)C2)[nH]c1=O. The highest BCUT2D eigenvalue weighted by Crippen LogP contribution is 2.17. The number of hydrogen-bond acceptors (Lipinski definition) is 6. The van der Waals surface area contributed by atoms with Gasteiger partial charge in [-0.3, -0.25) is 14.6 Å². The number of rotatable bonds is 6. The molecular weight excluding hydrogens is 314 g/mol. The smallest absolute Gasteiger partial charge is 0.273 e. The molecule has 1 aliphatic rings. The molecule has 0 saturated carbocycles. The van der Waals surface area contributed by atoms with Crippen LogP contribution in [0.25, 0.3) is 0 Å². The monoisotopic (exact) mass is 339 g/mol. The lowest BCUT2D eigenvalue weighted by Crippen LogP contribution is -2.44. The highest BCUT2D eigenvalue weighted by atomic mass is 32.2. The second-order valence-electron chi connectivity index (χ2n) is 6.23. The van der Waals surface area contributed by atoms with Crippen molar-refractivity contribution >= 4 is 17.7 Å². The summed E-state index contributed by atoms with van der Waals surface area (Å²) in [5.74, 6) is 0.702. The second-order valence-corrected chi connectivity index (χ2v) is 7.20. The van der Waals surface area contributed by atoms with Crippen LogP contribution in [0.1, 0.15) is 32.4 Å². The zero-order valence-electron chi connectivity index (χ0n) is 14.0. The fourth-order valence-electron chi connectivity index (χ4n) is 2.62. The lowest BCUT2D eigenvalue weighted by atomic mass is 9.97. The van der Waals surface area contributed by atoms with Gasteiger partial charge in [-0.15, -0.1) is 10.2 Å². The zero-order chi connectivity index (χ0) is 16.8. The molecule has 0 unspecified atom stereocenters. The van der Waals surface area contributed by atoms with E-state index < -0.39 is 0 Å². The first-order chi connectivity index (χ1) is 11.0. The van der Waals surface area contributed by atoms with Crippen LogP contribution in [0, 0.1) is 12.8 Å². The van der Waals surface area contributed by atoms with Crippen molar-refractivity contribution in [3.05, 3.63) is 16.0 Å². The molecule has 7 nitrogen and oxygen atoms in total. The van der Waals surface area contributed by atoms with Gasteiger partial charge in [0, 0.05) is 19.1 Å². The summed E-state index contributed by atoms with van der Waals surface area (Å²) < 4.78 is 0. The van der Waals surface area contributed by atoms with E-state index >= 15 is 0 Å². The number of H-pyrrole nitrogens is 1. The molecule has 0 aliphatic carbocycles. The number of amides is 1. The molecule has 8 heteroatoms. The quantitative estimate of drug-likeness (QED) is 0.745. The van der Waals surface area contributed by atoms with Crippen LogP contribution in [0.2, 0.25) is 0 Å². The van der Waals surface area contributed by atoms with Gasteiger partial charge in [0.05, 0.1) is 5.75 Å². The van der Waals surface area contributed by atoms with E-state index in [0.29, 0.717) is 29.4 Å². The first-order valence-electron chi connectivity index (χ1n) is 8.03. The summed E-state index contributed by atoms with van der Waals surface area (Å²) in [4.78, 5) is 28.4. The average molecular weight is 339 g/mol. The van der Waals surface area contributed by atoms with Crippen LogP contribution in [0.4, 0.5) is 0 Å². The Morgan fingerprint density at radius 2 is 2.26 bits per heavy atom. The van der Waals surface area contributed by atoms with E-state index in [9.17, 15) is 9.59 Å². The molecule has 0 spiro atoms. The summed E-state index contributed by atoms with van der Waals surface area (Å²) >= 11 is 1.19. The molecule has 0 radical (unpaired) electrons. The number of hydrogen-bond donors (Lipinski definition) is 2. The number of likely N-dealkylation sites (tertiary alicyclic amines) is 1. The molecule has 0 aromatic carbocycles. The Balaban J connectivity index is 1.72. The standard InChI is InChI=1S/C15H25N5O2S/c1-10(2)20-6-4-5-12(8-20)7-16-13(21)9-23-15-17-14(22)11(3)18-19-15/h10,12H,4-9H2,1-3H3,(H,16,21)(H,17,19,22)/t12-/m1/s1. The molecule has 1 aliphatic heterocycles. The van der Waals surface area contributed by atoms with Gasteiger partial charge < -0.3 is 10.2 Å². The summed E-state index contributed by atoms with van der Waals surface area (Å²) in [6.07, 6.45) is 2.35. The number of aromatic amines is 1. The molecule has 1 atom stereocenters. The Kier molecular flexibility index (Phi) is 6.59. The van der Waals surface area contributed by atoms with Crippen molar-refractivity contribution in [2.24, 2.45) is 5.92 Å². The molecule has 1 aromatic rings. The molecule has 2 heterocycles. The van der Waals surface area contributed by atoms with Gasteiger partial charge >= 0.3 is 0 Å². The molecule has 2 rings (SSSR count). The van der Waals surface area contributed by atoms with Gasteiger partial charge in [0.25, 0.3) is 5.56 Å². The molecule has 1 amide bonds. The van der Waals surface area contributed by atoms with Gasteiger partial charge in [-0.05, 0) is 46.1 Å². The molecule has 2 N–H and O–H groups in total. The predicted molar refractivity (Wildman–Crippen MR) is 90.6 cm³/mol. The highest BCUT2D eigenvalue weighted by molar-refractivity contribution is 7.99. The number of carbonyl (C=O) groups is 1. The highest BCUT2D eigenvalue weighted by Gasteiger charge is 2.21. The van der Waals surface area contributed by atoms with Crippen LogP contribution in [0.5, 0.6) is 0 Å². The van der Waals surface area contributed by atoms with Crippen molar-refractivity contribution < 1.29 is 4.79 Å². The van der Waals surface area contributed by atoms with Gasteiger partial charge in [0.2, 0.25) is 5.91 Å². The van der Waals surface area contributed by atoms with Crippen molar-refractivity contribution in [3.8, 4) is 0 Å². The minimum atomic E-state index is -0.265. The maximum absolute atomic E-state index is 11.9. The van der Waals surface area contributed by atoms with Crippen molar-refractivity contribution in [2.75, 3.05) is 25.4 Å². The molecule has 0 bridgehead atoms. The number of nitrogens with one attached hydrogen (secondary N) is 2. The van der Waals surface area contributed by atoms with E-state index in [1.54, 1.807) is 6.92 Å². The summed E-state index contributed by atoms with van der Waals surface area (Å²) in [5.41, 5.74) is 0.0599. The Bertz CT molecular complexity index is 589. The summed E-state index contributed by atoms with van der Waals surface area (Å²) in [6.45, 7) is 8.91. The van der Waals surface area contributed by atoms with E-state index in [1.807, 2.05) is 0 Å². The van der Waals surface area contributed by atoms with Crippen LogP contribution in [-0.4, -0.2) is 57.4 Å². The van der Waals surface area contributed by atoms with Gasteiger partial charge in [-0.2, -0.15) is 0 Å². The molecule has 1 saturated heterocycles. The molecule has 23 heavy (non-hydrogen) atoms. The maximum atomic E-state index is 11.9. The zero-order valence-corrected chi connectivity index (χ0v) is 14.8. The Labute approximate surface area is 140 Å². The van der Waals surface area contributed by atoms with Crippen LogP contribution in [-0.2, 0) is 4.79 Å². The van der Waals surface area contributed by atoms with Gasteiger partial charge in [0.1, 0.15) is 5.69 Å². The number of thioether (sulfide) groups is 1. The lowest BCUT2D eigenvalue weighted by molar-refractivity contribution is -0.118. The fourth-order valence-corrected chi connectivity index (χ4v) is 3.25. The minimum absolute atomic E-state index is 0.0418. The predicted octanol–water partition coefficient (Wildman–Crippen LogP) is 0.802. The summed E-state index contributed by atoms with van der Waals surface area (Å²) in [5, 5.41) is 11.0. The van der Waals surface area contributed by atoms with E-state index in [2.05, 4.69) is 39.2 Å². The molecule has 1 aromatic heterocycles.